The third-order valence-corrected chi connectivity index (χ3v) is 5.60. The van der Waals surface area contributed by atoms with Crippen molar-refractivity contribution in [2.75, 3.05) is 17.6 Å². The van der Waals surface area contributed by atoms with Gasteiger partial charge in [0.1, 0.15) is 11.2 Å². The van der Waals surface area contributed by atoms with E-state index in [-0.39, 0.29) is 17.2 Å². The lowest BCUT2D eigenvalue weighted by Crippen LogP contribution is -2.34. The summed E-state index contributed by atoms with van der Waals surface area (Å²) in [6.07, 6.45) is 0. The molecule has 1 atom stereocenters. The second-order valence-electron chi connectivity index (χ2n) is 5.89. The number of hydrogen-bond acceptors (Lipinski definition) is 2. The zero-order chi connectivity index (χ0) is 17.2. The Balaban J connectivity index is 1.61. The Labute approximate surface area is 149 Å². The molecule has 1 N–H and O–H groups in total. The second kappa shape index (κ2) is 6.76. The van der Waals surface area contributed by atoms with Gasteiger partial charge in [-0.1, -0.05) is 54.6 Å². The van der Waals surface area contributed by atoms with E-state index in [0.717, 1.165) is 22.2 Å². The van der Waals surface area contributed by atoms with Crippen molar-refractivity contribution in [1.29, 1.82) is 0 Å². The predicted molar refractivity (Wildman–Crippen MR) is 101 cm³/mol. The molecule has 0 aliphatic carbocycles. The maximum absolute atomic E-state index is 14.1. The Morgan fingerprint density at radius 2 is 1.80 bits per heavy atom. The van der Waals surface area contributed by atoms with Crippen molar-refractivity contribution >= 4 is 34.3 Å². The molecule has 5 heteroatoms. The average Bonchev–Trinajstić information content (AvgIpc) is 3.12. The van der Waals surface area contributed by atoms with Crippen LogP contribution in [0.2, 0.25) is 0 Å². The van der Waals surface area contributed by atoms with Crippen LogP contribution in [0, 0.1) is 5.82 Å². The van der Waals surface area contributed by atoms with Crippen molar-refractivity contribution in [2.45, 2.75) is 5.37 Å². The Bertz CT molecular complexity index is 925. The topological polar surface area (TPSA) is 32.3 Å². The maximum Gasteiger partial charge on any atom is 0.323 e. The van der Waals surface area contributed by atoms with Crippen molar-refractivity contribution < 1.29 is 9.18 Å². The molecule has 3 nitrogen and oxygen atoms in total. The summed E-state index contributed by atoms with van der Waals surface area (Å²) in [4.78, 5) is 14.5. The first kappa shape index (κ1) is 16.0. The summed E-state index contributed by atoms with van der Waals surface area (Å²) in [5.74, 6) is 0.520. The Morgan fingerprint density at radius 1 is 1.04 bits per heavy atom. The van der Waals surface area contributed by atoms with E-state index in [0.29, 0.717) is 12.1 Å². The predicted octanol–water partition coefficient (Wildman–Crippen LogP) is 5.26. The van der Waals surface area contributed by atoms with Gasteiger partial charge in [0.25, 0.3) is 0 Å². The summed E-state index contributed by atoms with van der Waals surface area (Å²) in [6, 6.07) is 20.2. The molecule has 3 aromatic rings. The highest BCUT2D eigenvalue weighted by Gasteiger charge is 2.32. The molecule has 3 aromatic carbocycles. The highest BCUT2D eigenvalue weighted by Crippen LogP contribution is 2.39. The van der Waals surface area contributed by atoms with Crippen LogP contribution in [0.3, 0.4) is 0 Å². The standard InChI is InChI=1S/C20H17FN2OS/c21-17-10-4-3-9-16(17)19-23(12-13-25-19)20(24)22-18-11-5-7-14-6-1-2-8-15(14)18/h1-11,19H,12-13H2,(H,22,24)/t19-/m0/s1. The minimum atomic E-state index is -0.295. The van der Waals surface area contributed by atoms with Crippen molar-refractivity contribution in [1.82, 2.24) is 4.90 Å². The number of carbonyl (C=O) groups excluding carboxylic acids is 1. The van der Waals surface area contributed by atoms with E-state index in [1.165, 1.54) is 6.07 Å². The second-order valence-corrected chi connectivity index (χ2v) is 7.08. The number of nitrogens with zero attached hydrogens (tertiary/aromatic N) is 1. The van der Waals surface area contributed by atoms with E-state index in [4.69, 9.17) is 0 Å². The summed E-state index contributed by atoms with van der Waals surface area (Å²) >= 11 is 1.59. The first-order chi connectivity index (χ1) is 12.2. The first-order valence-electron chi connectivity index (χ1n) is 8.15. The first-order valence-corrected chi connectivity index (χ1v) is 9.20. The Hall–Kier alpha value is -2.53. The zero-order valence-electron chi connectivity index (χ0n) is 13.5. The molecule has 25 heavy (non-hydrogen) atoms. The monoisotopic (exact) mass is 352 g/mol. The molecule has 1 heterocycles. The molecular formula is C20H17FN2OS. The number of benzene rings is 3. The number of fused-ring (bicyclic) bond motifs is 1. The molecule has 4 rings (SSSR count). The number of carbonyl (C=O) groups is 1. The minimum Gasteiger partial charge on any atom is -0.307 e. The number of hydrogen-bond donors (Lipinski definition) is 1. The molecule has 126 valence electrons. The number of thioether (sulfide) groups is 1. The highest BCUT2D eigenvalue weighted by molar-refractivity contribution is 7.99. The lowest BCUT2D eigenvalue weighted by Gasteiger charge is -2.25. The smallest absolute Gasteiger partial charge is 0.307 e. The fraction of sp³-hybridized carbons (Fsp3) is 0.150. The molecule has 2 amide bonds. The number of anilines is 1. The van der Waals surface area contributed by atoms with E-state index in [2.05, 4.69) is 5.32 Å². The highest BCUT2D eigenvalue weighted by atomic mass is 32.2. The third-order valence-electron chi connectivity index (χ3n) is 4.35. The zero-order valence-corrected chi connectivity index (χ0v) is 14.3. The molecule has 0 aromatic heterocycles. The van der Waals surface area contributed by atoms with Gasteiger partial charge in [-0.15, -0.1) is 11.8 Å². The largest absolute Gasteiger partial charge is 0.323 e. The van der Waals surface area contributed by atoms with Gasteiger partial charge in [-0.05, 0) is 17.5 Å². The molecule has 1 saturated heterocycles. The maximum atomic E-state index is 14.1. The third kappa shape index (κ3) is 3.07. The molecule has 0 unspecified atom stereocenters. The number of nitrogens with one attached hydrogen (secondary N) is 1. The van der Waals surface area contributed by atoms with Gasteiger partial charge in [-0.2, -0.15) is 0 Å². The minimum absolute atomic E-state index is 0.199. The number of rotatable bonds is 2. The van der Waals surface area contributed by atoms with Crippen LogP contribution in [0.4, 0.5) is 14.9 Å². The molecule has 0 bridgehead atoms. The Kier molecular flexibility index (Phi) is 4.32. The van der Waals surface area contributed by atoms with Crippen molar-refractivity contribution in [2.24, 2.45) is 0 Å². The SMILES string of the molecule is O=C(Nc1cccc2ccccc12)N1CCS[C@H]1c1ccccc1F. The van der Waals surface area contributed by atoms with E-state index < -0.39 is 0 Å². The molecule has 0 spiro atoms. The van der Waals surface area contributed by atoms with Crippen LogP contribution in [-0.2, 0) is 0 Å². The van der Waals surface area contributed by atoms with Gasteiger partial charge in [-0.3, -0.25) is 0 Å². The van der Waals surface area contributed by atoms with Crippen LogP contribution in [0.5, 0.6) is 0 Å². The molecule has 0 radical (unpaired) electrons. The molecule has 1 aliphatic rings. The summed E-state index contributed by atoms with van der Waals surface area (Å²) < 4.78 is 14.1. The van der Waals surface area contributed by atoms with Gasteiger partial charge in [0, 0.05) is 23.2 Å². The van der Waals surface area contributed by atoms with E-state index in [1.807, 2.05) is 42.5 Å². The van der Waals surface area contributed by atoms with Gasteiger partial charge in [0.2, 0.25) is 0 Å². The fourth-order valence-corrected chi connectivity index (χ4v) is 4.41. The number of urea groups is 1. The van der Waals surface area contributed by atoms with Crippen LogP contribution in [-0.4, -0.2) is 23.2 Å². The summed E-state index contributed by atoms with van der Waals surface area (Å²) in [7, 11) is 0. The van der Waals surface area contributed by atoms with E-state index >= 15 is 0 Å². The van der Waals surface area contributed by atoms with Gasteiger partial charge >= 0.3 is 6.03 Å². The molecular weight excluding hydrogens is 335 g/mol. The van der Waals surface area contributed by atoms with E-state index in [9.17, 15) is 9.18 Å². The molecule has 0 saturated carbocycles. The molecule has 1 aliphatic heterocycles. The van der Waals surface area contributed by atoms with Crippen LogP contribution in [0.15, 0.2) is 66.7 Å². The fourth-order valence-electron chi connectivity index (χ4n) is 3.13. The lowest BCUT2D eigenvalue weighted by molar-refractivity contribution is 0.213. The average molecular weight is 352 g/mol. The summed E-state index contributed by atoms with van der Waals surface area (Å²) in [5, 5.41) is 4.77. The normalized spacial score (nSPS) is 17.0. The van der Waals surface area contributed by atoms with Gasteiger partial charge in [-0.25, -0.2) is 9.18 Å². The number of amides is 2. The van der Waals surface area contributed by atoms with Gasteiger partial charge in [0.05, 0.1) is 5.69 Å². The Morgan fingerprint density at radius 3 is 2.68 bits per heavy atom. The number of halogens is 1. The van der Waals surface area contributed by atoms with Crippen molar-refractivity contribution in [3.05, 3.63) is 78.1 Å². The summed E-state index contributed by atoms with van der Waals surface area (Å²) in [6.45, 7) is 0.597. The molecule has 1 fully saturated rings. The van der Waals surface area contributed by atoms with Crippen LogP contribution in [0.25, 0.3) is 10.8 Å². The lowest BCUT2D eigenvalue weighted by atomic mass is 10.1. The van der Waals surface area contributed by atoms with Gasteiger partial charge < -0.3 is 10.2 Å². The van der Waals surface area contributed by atoms with Crippen LogP contribution in [0.1, 0.15) is 10.9 Å². The van der Waals surface area contributed by atoms with Crippen LogP contribution < -0.4 is 5.32 Å². The summed E-state index contributed by atoms with van der Waals surface area (Å²) in [5.41, 5.74) is 1.32. The van der Waals surface area contributed by atoms with Crippen molar-refractivity contribution in [3.8, 4) is 0 Å². The quantitative estimate of drug-likeness (QED) is 0.682. The van der Waals surface area contributed by atoms with Crippen LogP contribution >= 0.6 is 11.8 Å². The van der Waals surface area contributed by atoms with Gasteiger partial charge in [0.15, 0.2) is 0 Å². The van der Waals surface area contributed by atoms with Crippen molar-refractivity contribution in [3.63, 3.8) is 0 Å². The van der Waals surface area contributed by atoms with E-state index in [1.54, 1.807) is 34.9 Å².